The average molecular weight is 474 g/mol. The third-order valence-corrected chi connectivity index (χ3v) is 7.80. The molecule has 2 aliphatic rings. The number of carbonyl (C=O) groups excluding carboxylic acids is 1. The van der Waals surface area contributed by atoms with Crippen molar-refractivity contribution in [2.75, 3.05) is 13.1 Å². The summed E-state index contributed by atoms with van der Waals surface area (Å²) in [5.74, 6) is -3.01. The van der Waals surface area contributed by atoms with Crippen molar-refractivity contribution in [3.05, 3.63) is 65.9 Å². The van der Waals surface area contributed by atoms with E-state index in [0.717, 1.165) is 34.7 Å². The molecule has 1 fully saturated rings. The van der Waals surface area contributed by atoms with E-state index in [-0.39, 0.29) is 11.5 Å². The Labute approximate surface area is 189 Å². The van der Waals surface area contributed by atoms with Crippen molar-refractivity contribution < 1.29 is 26.7 Å². The van der Waals surface area contributed by atoms with Crippen LogP contribution in [-0.4, -0.2) is 47.9 Å². The van der Waals surface area contributed by atoms with Crippen LogP contribution in [0.2, 0.25) is 0 Å². The van der Waals surface area contributed by atoms with Gasteiger partial charge in [-0.25, -0.2) is 8.42 Å². The van der Waals surface area contributed by atoms with E-state index in [1.807, 2.05) is 42.2 Å². The van der Waals surface area contributed by atoms with E-state index < -0.39 is 26.1 Å². The highest BCUT2D eigenvalue weighted by Gasteiger charge is 2.45. The number of ether oxygens (including phenoxy) is 1. The Balaban J connectivity index is 1.36. The lowest BCUT2D eigenvalue weighted by molar-refractivity contribution is -0.00172. The molecule has 0 atom stereocenters. The zero-order valence-corrected chi connectivity index (χ0v) is 18.6. The molecule has 0 bridgehead atoms. The van der Waals surface area contributed by atoms with Gasteiger partial charge in [-0.1, -0.05) is 12.1 Å². The fraction of sp³-hybridized carbons (Fsp3) is 0.304. The van der Waals surface area contributed by atoms with Crippen LogP contribution in [0.15, 0.2) is 59.6 Å². The Morgan fingerprint density at radius 2 is 1.76 bits per heavy atom. The number of benzene rings is 2. The smallest absolute Gasteiger partial charge is 0.341 e. The Morgan fingerprint density at radius 3 is 2.42 bits per heavy atom. The second-order valence-electron chi connectivity index (χ2n) is 8.25. The molecule has 1 aromatic heterocycles. The highest BCUT2D eigenvalue weighted by Crippen LogP contribution is 2.49. The minimum Gasteiger partial charge on any atom is -0.482 e. The van der Waals surface area contributed by atoms with Gasteiger partial charge in [0.1, 0.15) is 11.4 Å². The Morgan fingerprint density at radius 1 is 1.09 bits per heavy atom. The van der Waals surface area contributed by atoms with Gasteiger partial charge >= 0.3 is 5.76 Å². The number of halogens is 2. The predicted octanol–water partition coefficient (Wildman–Crippen LogP) is 3.61. The number of piperidine rings is 1. The van der Waals surface area contributed by atoms with E-state index in [1.165, 1.54) is 12.1 Å². The molecule has 0 saturated carbocycles. The SMILES string of the molecule is Cn1ncc2c1-c1ccccc1OC21CCN(C(=O)c2ccc(S(=O)(=O)C(F)F)cc2)CC1. The second-order valence-corrected chi connectivity index (χ2v) is 10.2. The minimum absolute atomic E-state index is 0.246. The van der Waals surface area contributed by atoms with Crippen molar-refractivity contribution >= 4 is 15.7 Å². The lowest BCUT2D eigenvalue weighted by Gasteiger charge is -2.44. The molecule has 3 heterocycles. The molecule has 0 N–H and O–H groups in total. The van der Waals surface area contributed by atoms with E-state index in [9.17, 15) is 22.0 Å². The molecular weight excluding hydrogens is 452 g/mol. The van der Waals surface area contributed by atoms with Crippen molar-refractivity contribution in [1.29, 1.82) is 0 Å². The fourth-order valence-electron chi connectivity index (χ4n) is 4.62. The van der Waals surface area contributed by atoms with Crippen LogP contribution in [0.3, 0.4) is 0 Å². The molecule has 1 amide bonds. The number of rotatable bonds is 3. The molecule has 2 aromatic carbocycles. The number of para-hydroxylation sites is 1. The summed E-state index contributed by atoms with van der Waals surface area (Å²) in [6, 6.07) is 12.4. The van der Waals surface area contributed by atoms with Crippen molar-refractivity contribution in [2.24, 2.45) is 7.05 Å². The van der Waals surface area contributed by atoms with Crippen molar-refractivity contribution in [2.45, 2.75) is 29.1 Å². The van der Waals surface area contributed by atoms with E-state index in [4.69, 9.17) is 4.74 Å². The first-order valence-corrected chi connectivity index (χ1v) is 12.0. The molecule has 10 heteroatoms. The number of alkyl halides is 2. The number of carbonyl (C=O) groups is 1. The molecular formula is C23H21F2N3O4S. The maximum absolute atomic E-state index is 13.0. The maximum Gasteiger partial charge on any atom is 0.341 e. The number of hydrogen-bond acceptors (Lipinski definition) is 5. The summed E-state index contributed by atoms with van der Waals surface area (Å²) in [4.78, 5) is 14.1. The van der Waals surface area contributed by atoms with Crippen LogP contribution < -0.4 is 4.74 Å². The number of aromatic nitrogens is 2. The molecule has 7 nitrogen and oxygen atoms in total. The lowest BCUT2D eigenvalue weighted by atomic mass is 9.81. The number of hydrogen-bond donors (Lipinski definition) is 0. The van der Waals surface area contributed by atoms with Gasteiger partial charge in [-0.3, -0.25) is 9.48 Å². The van der Waals surface area contributed by atoms with Gasteiger partial charge in [0.2, 0.25) is 9.84 Å². The summed E-state index contributed by atoms with van der Waals surface area (Å²) >= 11 is 0. The Bertz CT molecular complexity index is 1330. The molecule has 2 aliphatic heterocycles. The number of fused-ring (bicyclic) bond motifs is 4. The maximum atomic E-state index is 13.0. The zero-order chi connectivity index (χ0) is 23.4. The van der Waals surface area contributed by atoms with Gasteiger partial charge in [0.05, 0.1) is 16.8 Å². The first-order chi connectivity index (χ1) is 15.7. The first kappa shape index (κ1) is 21.6. The van der Waals surface area contributed by atoms with E-state index in [1.54, 1.807) is 4.90 Å². The third kappa shape index (κ3) is 3.40. The van der Waals surface area contributed by atoms with Crippen LogP contribution >= 0.6 is 0 Å². The Kier molecular flexibility index (Phi) is 5.00. The van der Waals surface area contributed by atoms with Crippen LogP contribution in [0.5, 0.6) is 5.75 Å². The molecule has 0 aliphatic carbocycles. The van der Waals surface area contributed by atoms with Crippen LogP contribution in [0.25, 0.3) is 11.3 Å². The van der Waals surface area contributed by atoms with Gasteiger partial charge in [-0.2, -0.15) is 13.9 Å². The first-order valence-electron chi connectivity index (χ1n) is 10.5. The number of amides is 1. The van der Waals surface area contributed by atoms with Crippen LogP contribution in [-0.2, 0) is 22.5 Å². The molecule has 0 unspecified atom stereocenters. The summed E-state index contributed by atoms with van der Waals surface area (Å²) in [6.45, 7) is 0.846. The largest absolute Gasteiger partial charge is 0.482 e. The van der Waals surface area contributed by atoms with E-state index in [0.29, 0.717) is 25.9 Å². The molecule has 0 radical (unpaired) electrons. The van der Waals surface area contributed by atoms with Crippen LogP contribution in [0.4, 0.5) is 8.78 Å². The minimum atomic E-state index is -4.70. The number of sulfone groups is 1. The molecule has 33 heavy (non-hydrogen) atoms. The molecule has 1 spiro atoms. The summed E-state index contributed by atoms with van der Waals surface area (Å²) in [5.41, 5.74) is 2.64. The summed E-state index contributed by atoms with van der Waals surface area (Å²) < 4.78 is 57.0. The second kappa shape index (κ2) is 7.65. The van der Waals surface area contributed by atoms with Gasteiger partial charge < -0.3 is 9.64 Å². The van der Waals surface area contributed by atoms with Crippen molar-refractivity contribution in [1.82, 2.24) is 14.7 Å². The molecule has 172 valence electrons. The lowest BCUT2D eigenvalue weighted by Crippen LogP contribution is -2.49. The Hall–Kier alpha value is -3.27. The average Bonchev–Trinajstić information content (AvgIpc) is 3.22. The van der Waals surface area contributed by atoms with Gasteiger partial charge in [0, 0.05) is 49.7 Å². The summed E-state index contributed by atoms with van der Waals surface area (Å²) in [7, 11) is -2.80. The number of aryl methyl sites for hydroxylation is 1. The quantitative estimate of drug-likeness (QED) is 0.581. The van der Waals surface area contributed by atoms with E-state index in [2.05, 4.69) is 5.10 Å². The third-order valence-electron chi connectivity index (χ3n) is 6.40. The normalized spacial score (nSPS) is 16.9. The van der Waals surface area contributed by atoms with Gasteiger partial charge in [0.15, 0.2) is 0 Å². The topological polar surface area (TPSA) is 81.5 Å². The molecule has 5 rings (SSSR count). The highest BCUT2D eigenvalue weighted by molar-refractivity contribution is 7.91. The van der Waals surface area contributed by atoms with Crippen molar-refractivity contribution in [3.63, 3.8) is 0 Å². The molecule has 3 aromatic rings. The van der Waals surface area contributed by atoms with Gasteiger partial charge in [0.25, 0.3) is 5.91 Å². The van der Waals surface area contributed by atoms with Crippen molar-refractivity contribution in [3.8, 4) is 17.0 Å². The standard InChI is InChI=1S/C23H21F2N3O4S/c1-27-20-17-4-2-3-5-19(17)32-23(18(20)14-26-27)10-12-28(13-11-23)21(29)15-6-8-16(9-7-15)33(30,31)22(24)25/h2-9,14,22H,10-13H2,1H3. The molecule has 1 saturated heterocycles. The summed E-state index contributed by atoms with van der Waals surface area (Å²) in [5, 5.41) is 4.44. The number of nitrogens with zero attached hydrogens (tertiary/aromatic N) is 3. The van der Waals surface area contributed by atoms with Crippen LogP contribution in [0.1, 0.15) is 28.8 Å². The van der Waals surface area contributed by atoms with Gasteiger partial charge in [-0.05, 0) is 36.4 Å². The van der Waals surface area contributed by atoms with E-state index >= 15 is 0 Å². The summed E-state index contributed by atoms with van der Waals surface area (Å²) in [6.07, 6.45) is 2.94. The van der Waals surface area contributed by atoms with Crippen LogP contribution in [0, 0.1) is 0 Å². The fourth-order valence-corrected chi connectivity index (χ4v) is 5.34. The van der Waals surface area contributed by atoms with Gasteiger partial charge in [-0.15, -0.1) is 0 Å². The number of likely N-dealkylation sites (tertiary alicyclic amines) is 1. The monoisotopic (exact) mass is 473 g/mol. The predicted molar refractivity (Wildman–Crippen MR) is 116 cm³/mol. The zero-order valence-electron chi connectivity index (χ0n) is 17.7. The highest BCUT2D eigenvalue weighted by atomic mass is 32.2.